The van der Waals surface area contributed by atoms with Crippen molar-refractivity contribution in [3.63, 3.8) is 0 Å². The highest BCUT2D eigenvalue weighted by molar-refractivity contribution is 7.89. The Bertz CT molecular complexity index is 1950. The maximum Gasteiger partial charge on any atom is 0.344 e. The lowest BCUT2D eigenvalue weighted by atomic mass is 10.0. The fourth-order valence-electron chi connectivity index (χ4n) is 3.97. The van der Waals surface area contributed by atoms with E-state index in [1.165, 1.54) is 58.3 Å². The van der Waals surface area contributed by atoms with E-state index in [4.69, 9.17) is 48.2 Å². The Morgan fingerprint density at radius 3 is 1.83 bits per heavy atom. The van der Waals surface area contributed by atoms with Crippen molar-refractivity contribution >= 4 is 45.2 Å². The molecule has 4 aromatic rings. The van der Waals surface area contributed by atoms with Crippen molar-refractivity contribution in [2.75, 3.05) is 14.1 Å². The largest absolute Gasteiger partial charge is 0.479 e. The number of halogens is 3. The van der Waals surface area contributed by atoms with E-state index in [-0.39, 0.29) is 21.8 Å². The predicted molar refractivity (Wildman–Crippen MR) is 175 cm³/mol. The van der Waals surface area contributed by atoms with E-state index in [0.29, 0.717) is 26.9 Å². The van der Waals surface area contributed by atoms with Crippen molar-refractivity contribution < 1.29 is 42.1 Å². The molecule has 0 aliphatic heterocycles. The maximum absolute atomic E-state index is 14.6. The Balaban J connectivity index is 0.000000261. The molecule has 10 nitrogen and oxygen atoms in total. The summed E-state index contributed by atoms with van der Waals surface area (Å²) in [4.78, 5) is 21.7. The first-order valence-corrected chi connectivity index (χ1v) is 15.9. The molecule has 4 rings (SSSR count). The van der Waals surface area contributed by atoms with Gasteiger partial charge in [-0.1, -0.05) is 35.3 Å². The van der Waals surface area contributed by atoms with Crippen LogP contribution in [-0.2, 0) is 19.6 Å². The molecule has 2 N–H and O–H groups in total. The molecule has 0 radical (unpaired) electrons. The number of carboxylic acids is 2. The van der Waals surface area contributed by atoms with Gasteiger partial charge in [-0.25, -0.2) is 26.7 Å². The lowest BCUT2D eigenvalue weighted by Crippen LogP contribution is -2.23. The average Bonchev–Trinajstić information content (AvgIpc) is 3.02. The van der Waals surface area contributed by atoms with Crippen LogP contribution in [0.1, 0.15) is 19.4 Å². The number of ether oxygens (including phenoxy) is 2. The van der Waals surface area contributed by atoms with Gasteiger partial charge in [-0.15, -0.1) is 0 Å². The highest BCUT2D eigenvalue weighted by Gasteiger charge is 2.22. The van der Waals surface area contributed by atoms with Gasteiger partial charge < -0.3 is 19.7 Å². The number of hydrogen-bond acceptors (Lipinski definition) is 7. The molecule has 0 aliphatic carbocycles. The van der Waals surface area contributed by atoms with E-state index in [1.54, 1.807) is 36.4 Å². The van der Waals surface area contributed by atoms with Gasteiger partial charge in [-0.3, -0.25) is 0 Å². The van der Waals surface area contributed by atoms with E-state index < -0.39 is 40.0 Å². The molecule has 47 heavy (non-hydrogen) atoms. The molecule has 0 saturated carbocycles. The van der Waals surface area contributed by atoms with Gasteiger partial charge in [0.2, 0.25) is 10.0 Å². The highest BCUT2D eigenvalue weighted by atomic mass is 35.5. The monoisotopic (exact) mass is 702 g/mol. The summed E-state index contributed by atoms with van der Waals surface area (Å²) in [5.74, 6) is -2.51. The minimum atomic E-state index is -3.79. The third-order valence-electron chi connectivity index (χ3n) is 6.50. The van der Waals surface area contributed by atoms with Gasteiger partial charge >= 0.3 is 11.9 Å². The van der Waals surface area contributed by atoms with Crippen LogP contribution in [0.4, 0.5) is 4.39 Å². The summed E-state index contributed by atoms with van der Waals surface area (Å²) in [7, 11) is -1.10. The van der Waals surface area contributed by atoms with E-state index in [2.05, 4.69) is 6.07 Å². The second-order valence-electron chi connectivity index (χ2n) is 10.1. The SMILES string of the molecule is C[C@H](Oc1ccc(Cl)cc1-c1ccc(S(=O)(=O)N(C)C)cc1F)C(=O)O.C[C@H](Oc1ccc(Cl)cc1-c1cccc(C#N)c1)C(=O)O. The molecular formula is C33H29Cl2FN2O8S. The summed E-state index contributed by atoms with van der Waals surface area (Å²) >= 11 is 12.0. The van der Waals surface area contributed by atoms with Gasteiger partial charge in [-0.05, 0) is 86.1 Å². The van der Waals surface area contributed by atoms with E-state index in [0.717, 1.165) is 15.9 Å². The number of carbonyl (C=O) groups is 2. The van der Waals surface area contributed by atoms with E-state index in [9.17, 15) is 22.4 Å². The van der Waals surface area contributed by atoms with Crippen LogP contribution in [-0.4, -0.2) is 61.2 Å². The Labute approximate surface area is 281 Å². The second-order valence-corrected chi connectivity index (χ2v) is 13.1. The molecular weight excluding hydrogens is 674 g/mol. The van der Waals surface area contributed by atoms with Crippen LogP contribution in [0.2, 0.25) is 10.0 Å². The number of hydrogen-bond donors (Lipinski definition) is 2. The molecule has 4 aromatic carbocycles. The average molecular weight is 704 g/mol. The van der Waals surface area contributed by atoms with Gasteiger partial charge in [0.25, 0.3) is 0 Å². The third-order valence-corrected chi connectivity index (χ3v) is 8.78. The molecule has 14 heteroatoms. The van der Waals surface area contributed by atoms with Crippen molar-refractivity contribution in [3.8, 4) is 39.8 Å². The molecule has 0 heterocycles. The molecule has 0 aromatic heterocycles. The van der Waals surface area contributed by atoms with Gasteiger partial charge in [0, 0.05) is 40.8 Å². The minimum Gasteiger partial charge on any atom is -0.479 e. The second kappa shape index (κ2) is 15.8. The molecule has 0 fully saturated rings. The molecule has 246 valence electrons. The summed E-state index contributed by atoms with van der Waals surface area (Å²) in [6.07, 6.45) is -2.14. The molecule has 0 unspecified atom stereocenters. The molecule has 0 aliphatic rings. The van der Waals surface area contributed by atoms with Crippen molar-refractivity contribution in [2.45, 2.75) is 31.0 Å². The van der Waals surface area contributed by atoms with Crippen LogP contribution in [0.15, 0.2) is 83.8 Å². The van der Waals surface area contributed by atoms with Crippen molar-refractivity contribution in [1.82, 2.24) is 4.31 Å². The number of sulfonamides is 1. The van der Waals surface area contributed by atoms with Crippen LogP contribution in [0, 0.1) is 17.1 Å². The third kappa shape index (κ3) is 9.43. The normalized spacial score (nSPS) is 12.2. The van der Waals surface area contributed by atoms with Crippen LogP contribution in [0.5, 0.6) is 11.5 Å². The standard InChI is InChI=1S/C17H17ClFNO5S.C16H12ClNO3/c1-10(17(21)22)25-16-7-4-11(18)8-14(16)13-6-5-12(9-15(13)19)26(23,24)20(2)3;1-10(16(19)20)21-15-6-5-13(17)8-14(15)12-4-2-3-11(7-12)9-18/h4-10H,1-3H3,(H,21,22);2-8,10H,1H3,(H,19,20)/t2*10-/m00/s1. The van der Waals surface area contributed by atoms with Gasteiger partial charge in [0.15, 0.2) is 12.2 Å². The highest BCUT2D eigenvalue weighted by Crippen LogP contribution is 2.36. The fourth-order valence-corrected chi connectivity index (χ4v) is 5.23. The van der Waals surface area contributed by atoms with Gasteiger partial charge in [-0.2, -0.15) is 5.26 Å². The molecule has 0 bridgehead atoms. The number of nitriles is 1. The summed E-state index contributed by atoms with van der Waals surface area (Å²) in [5, 5.41) is 27.7. The van der Waals surface area contributed by atoms with E-state index in [1.807, 2.05) is 6.07 Å². The molecule has 0 amide bonds. The lowest BCUT2D eigenvalue weighted by molar-refractivity contribution is -0.145. The molecule has 2 atom stereocenters. The number of nitrogens with zero attached hydrogens (tertiary/aromatic N) is 2. The summed E-state index contributed by atoms with van der Waals surface area (Å²) in [6, 6.07) is 21.7. The van der Waals surface area contributed by atoms with Crippen molar-refractivity contribution in [3.05, 3.63) is 100 Å². The maximum atomic E-state index is 14.6. The summed E-state index contributed by atoms with van der Waals surface area (Å²) in [5.41, 5.74) is 2.15. The number of aliphatic carboxylic acids is 2. The lowest BCUT2D eigenvalue weighted by Gasteiger charge is -2.16. The van der Waals surface area contributed by atoms with Crippen LogP contribution >= 0.6 is 23.2 Å². The fraction of sp³-hybridized carbons (Fsp3) is 0.182. The number of rotatable bonds is 10. The summed E-state index contributed by atoms with van der Waals surface area (Å²) < 4.78 is 50.7. The quantitative estimate of drug-likeness (QED) is 0.178. The Hall–Kier alpha value is -4.67. The Kier molecular flexibility index (Phi) is 12.3. The van der Waals surface area contributed by atoms with Gasteiger partial charge in [0.05, 0.1) is 16.5 Å². The Morgan fingerprint density at radius 2 is 1.34 bits per heavy atom. The Morgan fingerprint density at radius 1 is 0.809 bits per heavy atom. The predicted octanol–water partition coefficient (Wildman–Crippen LogP) is 6.98. The smallest absolute Gasteiger partial charge is 0.344 e. The van der Waals surface area contributed by atoms with Gasteiger partial charge in [0.1, 0.15) is 17.3 Å². The topological polar surface area (TPSA) is 154 Å². The van der Waals surface area contributed by atoms with E-state index >= 15 is 0 Å². The first kappa shape index (κ1) is 36.8. The van der Waals surface area contributed by atoms with Crippen LogP contribution in [0.3, 0.4) is 0 Å². The first-order chi connectivity index (χ1) is 22.0. The zero-order valence-corrected chi connectivity index (χ0v) is 27.8. The van der Waals surface area contributed by atoms with Crippen LogP contribution < -0.4 is 9.47 Å². The van der Waals surface area contributed by atoms with Crippen LogP contribution in [0.25, 0.3) is 22.3 Å². The minimum absolute atomic E-state index is 0.0396. The van der Waals surface area contributed by atoms with Crippen molar-refractivity contribution in [1.29, 1.82) is 5.26 Å². The first-order valence-electron chi connectivity index (χ1n) is 13.7. The zero-order chi connectivity index (χ0) is 35.1. The number of carboxylic acid groups (broad SMARTS) is 2. The number of benzene rings is 4. The van der Waals surface area contributed by atoms with Crippen molar-refractivity contribution in [2.24, 2.45) is 0 Å². The zero-order valence-electron chi connectivity index (χ0n) is 25.4. The molecule has 0 saturated heterocycles. The molecule has 0 spiro atoms. The summed E-state index contributed by atoms with van der Waals surface area (Å²) in [6.45, 7) is 2.79.